The van der Waals surface area contributed by atoms with Gasteiger partial charge in [-0.2, -0.15) is 0 Å². The van der Waals surface area contributed by atoms with Crippen LogP contribution in [0.4, 0.5) is 10.5 Å². The average molecular weight is 347 g/mol. The number of rotatable bonds is 5. The third kappa shape index (κ3) is 5.73. The molecule has 0 aliphatic rings. The van der Waals surface area contributed by atoms with Crippen LogP contribution in [0.1, 0.15) is 5.56 Å². The highest BCUT2D eigenvalue weighted by Gasteiger charge is 2.12. The Bertz CT molecular complexity index is 734. The smallest absolute Gasteiger partial charge is 0.325 e. The van der Waals surface area contributed by atoms with Gasteiger partial charge >= 0.3 is 12.0 Å². The topological polar surface area (TPSA) is 84.5 Å². The largest absolute Gasteiger partial charge is 0.455 e. The highest BCUT2D eigenvalue weighted by atomic mass is 35.5. The maximum Gasteiger partial charge on any atom is 0.325 e. The monoisotopic (exact) mass is 346 g/mol. The van der Waals surface area contributed by atoms with E-state index in [-0.39, 0.29) is 6.42 Å². The molecule has 2 N–H and O–H groups in total. The standard InChI is InChI=1S/C17H15ClN2O4/c18-14-9-5-4-6-12(14)10-16(22)24-11-15(21)20-17(23)19-13-7-2-1-3-8-13/h1-9H,10-11H2,(H2,19,20,21,23). The number of benzene rings is 2. The number of carbonyl (C=O) groups excluding carboxylic acids is 3. The number of ether oxygens (including phenoxy) is 1. The van der Waals surface area contributed by atoms with Gasteiger partial charge in [0, 0.05) is 10.7 Å². The number of esters is 1. The summed E-state index contributed by atoms with van der Waals surface area (Å²) in [5, 5.41) is 4.99. The van der Waals surface area contributed by atoms with Gasteiger partial charge in [-0.25, -0.2) is 4.79 Å². The molecule has 0 aliphatic heterocycles. The zero-order valence-corrected chi connectivity index (χ0v) is 13.4. The summed E-state index contributed by atoms with van der Waals surface area (Å²) < 4.78 is 4.82. The summed E-state index contributed by atoms with van der Waals surface area (Å²) in [6, 6.07) is 14.8. The number of anilines is 1. The molecule has 0 saturated heterocycles. The lowest BCUT2D eigenvalue weighted by atomic mass is 10.1. The predicted octanol–water partition coefficient (Wildman–Crippen LogP) is 2.77. The first-order valence-electron chi connectivity index (χ1n) is 7.09. The summed E-state index contributed by atoms with van der Waals surface area (Å²) >= 11 is 5.94. The molecule has 124 valence electrons. The van der Waals surface area contributed by atoms with Gasteiger partial charge in [0.05, 0.1) is 6.42 Å². The fourth-order valence-electron chi connectivity index (χ4n) is 1.84. The molecule has 0 aromatic heterocycles. The molecule has 0 aliphatic carbocycles. The van der Waals surface area contributed by atoms with Crippen molar-refractivity contribution in [1.82, 2.24) is 5.32 Å². The Morgan fingerprint density at radius 2 is 1.62 bits per heavy atom. The van der Waals surface area contributed by atoms with Crippen molar-refractivity contribution in [3.8, 4) is 0 Å². The number of imide groups is 1. The molecule has 7 heteroatoms. The molecule has 3 amide bonds. The van der Waals surface area contributed by atoms with Crippen molar-refractivity contribution in [1.29, 1.82) is 0 Å². The Kier molecular flexibility index (Phi) is 6.33. The number of urea groups is 1. The number of hydrogen-bond acceptors (Lipinski definition) is 4. The Morgan fingerprint density at radius 1 is 0.958 bits per heavy atom. The molecule has 2 aromatic carbocycles. The molecule has 2 aromatic rings. The van der Waals surface area contributed by atoms with Crippen molar-refractivity contribution >= 4 is 35.2 Å². The van der Waals surface area contributed by atoms with Crippen LogP contribution in [-0.4, -0.2) is 24.5 Å². The van der Waals surface area contributed by atoms with Crippen molar-refractivity contribution in [3.05, 3.63) is 65.2 Å². The number of amides is 3. The first kappa shape index (κ1) is 17.5. The molecule has 24 heavy (non-hydrogen) atoms. The van der Waals surface area contributed by atoms with Crippen LogP contribution in [0.5, 0.6) is 0 Å². The molecular weight excluding hydrogens is 332 g/mol. The summed E-state index contributed by atoms with van der Waals surface area (Å²) in [4.78, 5) is 34.9. The van der Waals surface area contributed by atoms with E-state index in [2.05, 4.69) is 10.6 Å². The summed E-state index contributed by atoms with van der Waals surface area (Å²) in [5.74, 6) is -1.34. The Hall–Kier alpha value is -2.86. The fourth-order valence-corrected chi connectivity index (χ4v) is 2.04. The van der Waals surface area contributed by atoms with E-state index in [9.17, 15) is 14.4 Å². The first-order valence-corrected chi connectivity index (χ1v) is 7.47. The highest BCUT2D eigenvalue weighted by molar-refractivity contribution is 6.31. The molecule has 0 spiro atoms. The third-order valence-corrected chi connectivity index (χ3v) is 3.31. The van der Waals surface area contributed by atoms with Crippen LogP contribution >= 0.6 is 11.6 Å². The minimum Gasteiger partial charge on any atom is -0.455 e. The van der Waals surface area contributed by atoms with E-state index >= 15 is 0 Å². The van der Waals surface area contributed by atoms with Gasteiger partial charge in [0.2, 0.25) is 0 Å². The van der Waals surface area contributed by atoms with E-state index < -0.39 is 24.5 Å². The second-order valence-corrected chi connectivity index (χ2v) is 5.20. The molecule has 0 unspecified atom stereocenters. The van der Waals surface area contributed by atoms with E-state index in [1.54, 1.807) is 54.6 Å². The molecule has 0 saturated carbocycles. The lowest BCUT2D eigenvalue weighted by Gasteiger charge is -2.08. The van der Waals surface area contributed by atoms with E-state index in [0.717, 1.165) is 0 Å². The fraction of sp³-hybridized carbons (Fsp3) is 0.118. The molecule has 0 bridgehead atoms. The zero-order valence-electron chi connectivity index (χ0n) is 12.6. The van der Waals surface area contributed by atoms with Crippen LogP contribution in [0, 0.1) is 0 Å². The SMILES string of the molecule is O=C(COC(=O)Cc1ccccc1Cl)NC(=O)Nc1ccccc1. The molecule has 0 atom stereocenters. The van der Waals surface area contributed by atoms with Crippen LogP contribution in [0.25, 0.3) is 0 Å². The van der Waals surface area contributed by atoms with E-state index in [1.807, 2.05) is 0 Å². The quantitative estimate of drug-likeness (QED) is 0.815. The van der Waals surface area contributed by atoms with Gasteiger partial charge in [0.15, 0.2) is 6.61 Å². The van der Waals surface area contributed by atoms with Gasteiger partial charge < -0.3 is 10.1 Å². The second-order valence-electron chi connectivity index (χ2n) is 4.80. The number of carbonyl (C=O) groups is 3. The number of nitrogens with one attached hydrogen (secondary N) is 2. The van der Waals surface area contributed by atoms with Crippen LogP contribution in [0.2, 0.25) is 5.02 Å². The van der Waals surface area contributed by atoms with Gasteiger partial charge in [-0.3, -0.25) is 14.9 Å². The van der Waals surface area contributed by atoms with Gasteiger partial charge in [-0.05, 0) is 23.8 Å². The van der Waals surface area contributed by atoms with Crippen molar-refractivity contribution in [2.75, 3.05) is 11.9 Å². The molecular formula is C17H15ClN2O4. The summed E-state index contributed by atoms with van der Waals surface area (Å²) in [6.07, 6.45) is -0.0524. The Morgan fingerprint density at radius 3 is 2.33 bits per heavy atom. The Balaban J connectivity index is 1.73. The van der Waals surface area contributed by atoms with Crippen LogP contribution in [-0.2, 0) is 20.7 Å². The summed E-state index contributed by atoms with van der Waals surface area (Å²) in [7, 11) is 0. The lowest BCUT2D eigenvalue weighted by Crippen LogP contribution is -2.37. The maximum atomic E-state index is 11.7. The average Bonchev–Trinajstić information content (AvgIpc) is 2.56. The normalized spacial score (nSPS) is 9.88. The van der Waals surface area contributed by atoms with Crippen molar-refractivity contribution in [2.24, 2.45) is 0 Å². The third-order valence-electron chi connectivity index (χ3n) is 2.94. The summed E-state index contributed by atoms with van der Waals surface area (Å²) in [5.41, 5.74) is 1.14. The van der Waals surface area contributed by atoms with Crippen LogP contribution < -0.4 is 10.6 Å². The molecule has 0 radical (unpaired) electrons. The number of hydrogen-bond donors (Lipinski definition) is 2. The van der Waals surface area contributed by atoms with E-state index in [4.69, 9.17) is 16.3 Å². The minimum atomic E-state index is -0.726. The second kappa shape index (κ2) is 8.69. The van der Waals surface area contributed by atoms with Crippen LogP contribution in [0.15, 0.2) is 54.6 Å². The number of halogens is 1. The molecule has 0 fully saturated rings. The zero-order chi connectivity index (χ0) is 17.4. The molecule has 0 heterocycles. The summed E-state index contributed by atoms with van der Waals surface area (Å²) in [6.45, 7) is -0.550. The lowest BCUT2D eigenvalue weighted by molar-refractivity contribution is -0.147. The first-order chi connectivity index (χ1) is 11.5. The van der Waals surface area contributed by atoms with Gasteiger partial charge in [0.25, 0.3) is 5.91 Å². The van der Waals surface area contributed by atoms with Gasteiger partial charge in [-0.15, -0.1) is 0 Å². The van der Waals surface area contributed by atoms with Crippen molar-refractivity contribution in [3.63, 3.8) is 0 Å². The minimum absolute atomic E-state index is 0.0524. The Labute approximate surface area is 143 Å². The van der Waals surface area contributed by atoms with E-state index in [1.165, 1.54) is 0 Å². The van der Waals surface area contributed by atoms with Crippen LogP contribution in [0.3, 0.4) is 0 Å². The van der Waals surface area contributed by atoms with Gasteiger partial charge in [0.1, 0.15) is 0 Å². The predicted molar refractivity (Wildman–Crippen MR) is 89.7 cm³/mol. The maximum absolute atomic E-state index is 11.7. The highest BCUT2D eigenvalue weighted by Crippen LogP contribution is 2.15. The van der Waals surface area contributed by atoms with E-state index in [0.29, 0.717) is 16.3 Å². The van der Waals surface area contributed by atoms with Gasteiger partial charge in [-0.1, -0.05) is 48.0 Å². The van der Waals surface area contributed by atoms with Crippen molar-refractivity contribution in [2.45, 2.75) is 6.42 Å². The molecule has 2 rings (SSSR count). The molecule has 6 nitrogen and oxygen atoms in total. The number of para-hydroxylation sites is 1. The van der Waals surface area contributed by atoms with Crippen molar-refractivity contribution < 1.29 is 19.1 Å².